The second kappa shape index (κ2) is 12.1. The molecule has 272 valence electrons. The first kappa shape index (κ1) is 32.3. The summed E-state index contributed by atoms with van der Waals surface area (Å²) in [5, 5.41) is 7.78. The lowest BCUT2D eigenvalue weighted by Crippen LogP contribution is -2.29. The van der Waals surface area contributed by atoms with E-state index in [1.54, 1.807) is 6.20 Å². The van der Waals surface area contributed by atoms with Crippen LogP contribution in [0.5, 0.6) is 0 Å². The minimum Gasteiger partial charge on any atom is -0.264 e. The van der Waals surface area contributed by atoms with Gasteiger partial charge in [0.05, 0.1) is 16.8 Å². The van der Waals surface area contributed by atoms with E-state index in [-0.39, 0.29) is 0 Å². The second-order valence-corrected chi connectivity index (χ2v) is 15.9. The van der Waals surface area contributed by atoms with Gasteiger partial charge < -0.3 is 0 Å². The van der Waals surface area contributed by atoms with Crippen molar-refractivity contribution < 1.29 is 0 Å². The number of hydrogen-bond donors (Lipinski definition) is 0. The summed E-state index contributed by atoms with van der Waals surface area (Å²) in [7, 11) is 0. The molecule has 1 unspecified atom stereocenters. The Kier molecular flexibility index (Phi) is 6.65. The van der Waals surface area contributed by atoms with Crippen molar-refractivity contribution in [1.82, 2.24) is 15.0 Å². The molecule has 0 saturated heterocycles. The second-order valence-electron chi connectivity index (χ2n) is 15.9. The molecule has 0 aliphatic heterocycles. The Labute approximate surface area is 341 Å². The Morgan fingerprint density at radius 3 is 1.75 bits per heavy atom. The van der Waals surface area contributed by atoms with E-state index < -0.39 is 5.41 Å². The largest absolute Gasteiger partial charge is 0.264 e. The molecule has 0 fully saturated rings. The van der Waals surface area contributed by atoms with Crippen LogP contribution in [0.4, 0.5) is 0 Å². The summed E-state index contributed by atoms with van der Waals surface area (Å²) in [4.78, 5) is 14.9. The number of rotatable bonds is 3. The Hall–Kier alpha value is -7.75. The van der Waals surface area contributed by atoms with Crippen LogP contribution in [0, 0.1) is 0 Å². The van der Waals surface area contributed by atoms with Crippen LogP contribution in [0.1, 0.15) is 22.3 Å². The fourth-order valence-corrected chi connectivity index (χ4v) is 10.5. The van der Waals surface area contributed by atoms with E-state index in [9.17, 15) is 0 Å². The smallest absolute Gasteiger partial charge is 0.160 e. The molecule has 1 spiro atoms. The summed E-state index contributed by atoms with van der Waals surface area (Å²) < 4.78 is 0. The summed E-state index contributed by atoms with van der Waals surface area (Å²) in [6, 6.07) is 69.2. The lowest BCUT2D eigenvalue weighted by atomic mass is 9.65. The molecule has 11 aromatic rings. The number of hydrogen-bond acceptors (Lipinski definition) is 3. The number of aromatic nitrogens is 3. The molecule has 1 atom stereocenters. The Morgan fingerprint density at radius 2 is 0.983 bits per heavy atom. The van der Waals surface area contributed by atoms with Crippen molar-refractivity contribution in [2.24, 2.45) is 0 Å². The van der Waals surface area contributed by atoms with Crippen molar-refractivity contribution in [3.05, 3.63) is 223 Å². The van der Waals surface area contributed by atoms with Crippen molar-refractivity contribution in [2.45, 2.75) is 5.41 Å². The van der Waals surface area contributed by atoms with E-state index in [0.29, 0.717) is 5.82 Å². The third-order valence-corrected chi connectivity index (χ3v) is 12.9. The molecule has 3 heteroatoms. The van der Waals surface area contributed by atoms with Crippen LogP contribution < -0.4 is 0 Å². The van der Waals surface area contributed by atoms with Crippen LogP contribution in [0.3, 0.4) is 0 Å². The number of pyridine rings is 1. The van der Waals surface area contributed by atoms with E-state index in [1.807, 2.05) is 30.5 Å². The molecule has 3 nitrogen and oxygen atoms in total. The lowest BCUT2D eigenvalue weighted by molar-refractivity contribution is 0.777. The normalized spacial score (nSPS) is 14.8. The zero-order valence-electron chi connectivity index (χ0n) is 31.9. The van der Waals surface area contributed by atoms with E-state index >= 15 is 0 Å². The van der Waals surface area contributed by atoms with Gasteiger partial charge in [0.25, 0.3) is 0 Å². The fraction of sp³-hybridized carbons (Fsp3) is 0.0179. The molecular weight excluding hydrogens is 715 g/mol. The van der Waals surface area contributed by atoms with Gasteiger partial charge in [-0.15, -0.1) is 0 Å². The summed E-state index contributed by atoms with van der Waals surface area (Å²) in [5.74, 6) is 0.683. The molecule has 0 N–H and O–H groups in total. The van der Waals surface area contributed by atoms with Gasteiger partial charge >= 0.3 is 0 Å². The highest BCUT2D eigenvalue weighted by atomic mass is 14.9. The number of nitrogens with zero attached hydrogens (tertiary/aromatic N) is 3. The van der Waals surface area contributed by atoms with E-state index in [0.717, 1.165) is 28.1 Å². The molecule has 0 amide bonds. The van der Waals surface area contributed by atoms with Crippen LogP contribution in [0.25, 0.3) is 99.6 Å². The van der Waals surface area contributed by atoms with Gasteiger partial charge in [0.15, 0.2) is 5.82 Å². The van der Waals surface area contributed by atoms with Gasteiger partial charge in [-0.05, 0) is 118 Å². The lowest BCUT2D eigenvalue weighted by Gasteiger charge is -2.36. The topological polar surface area (TPSA) is 38.7 Å². The fourth-order valence-electron chi connectivity index (χ4n) is 10.5. The van der Waals surface area contributed by atoms with Crippen LogP contribution in [0.15, 0.2) is 200 Å². The Morgan fingerprint density at radius 1 is 0.356 bits per heavy atom. The molecule has 13 rings (SSSR count). The maximum absolute atomic E-state index is 5.33. The highest BCUT2D eigenvalue weighted by molar-refractivity contribution is 6.27. The third kappa shape index (κ3) is 4.44. The minimum atomic E-state index is -0.654. The molecular formula is C56H33N3. The van der Waals surface area contributed by atoms with Gasteiger partial charge in [-0.2, -0.15) is 0 Å². The molecule has 2 aliphatic carbocycles. The Bertz CT molecular complexity index is 3430. The van der Waals surface area contributed by atoms with Crippen LogP contribution in [-0.4, -0.2) is 15.0 Å². The first-order valence-corrected chi connectivity index (χ1v) is 20.3. The van der Waals surface area contributed by atoms with Gasteiger partial charge in [0, 0.05) is 29.1 Å². The zero-order valence-corrected chi connectivity index (χ0v) is 31.9. The monoisotopic (exact) mass is 747 g/mol. The number of benzene rings is 9. The van der Waals surface area contributed by atoms with Crippen molar-refractivity contribution in [3.8, 4) is 67.3 Å². The molecule has 0 radical (unpaired) electrons. The number of fused-ring (bicyclic) bond motifs is 13. The quantitative estimate of drug-likeness (QED) is 0.169. The summed E-state index contributed by atoms with van der Waals surface area (Å²) in [6.07, 6.45) is 3.68. The van der Waals surface area contributed by atoms with Gasteiger partial charge in [0.1, 0.15) is 0 Å². The average Bonchev–Trinajstić information content (AvgIpc) is 3.55. The molecule has 0 bridgehead atoms. The van der Waals surface area contributed by atoms with Gasteiger partial charge in [0.2, 0.25) is 0 Å². The molecule has 9 aromatic carbocycles. The van der Waals surface area contributed by atoms with Crippen LogP contribution >= 0.6 is 0 Å². The van der Waals surface area contributed by atoms with Gasteiger partial charge in [-0.1, -0.05) is 158 Å². The molecule has 0 saturated carbocycles. The van der Waals surface area contributed by atoms with Gasteiger partial charge in [-0.25, -0.2) is 9.97 Å². The van der Waals surface area contributed by atoms with Crippen molar-refractivity contribution in [1.29, 1.82) is 0 Å². The first-order valence-electron chi connectivity index (χ1n) is 20.3. The van der Waals surface area contributed by atoms with E-state index in [2.05, 4.69) is 169 Å². The Balaban J connectivity index is 1.18. The molecule has 59 heavy (non-hydrogen) atoms. The summed E-state index contributed by atoms with van der Waals surface area (Å²) in [6.45, 7) is 0. The minimum absolute atomic E-state index is 0.654. The predicted molar refractivity (Wildman–Crippen MR) is 242 cm³/mol. The van der Waals surface area contributed by atoms with Gasteiger partial charge in [-0.3, -0.25) is 4.98 Å². The van der Waals surface area contributed by atoms with Crippen molar-refractivity contribution >= 4 is 32.3 Å². The average molecular weight is 748 g/mol. The first-order chi connectivity index (χ1) is 29.3. The predicted octanol–water partition coefficient (Wildman–Crippen LogP) is 13.8. The van der Waals surface area contributed by atoms with Crippen molar-refractivity contribution in [3.63, 3.8) is 0 Å². The van der Waals surface area contributed by atoms with E-state index in [1.165, 1.54) is 88.0 Å². The van der Waals surface area contributed by atoms with E-state index in [4.69, 9.17) is 9.97 Å². The van der Waals surface area contributed by atoms with Crippen LogP contribution in [-0.2, 0) is 5.41 Å². The SMILES string of the molecule is c1ccc(-c2nc(-c3cccnc3)cc(-c3ccc4c(c3)C3(c5ccccc5-c5ccccc5-4)c4ccccc4-c4c3cc3ccc5cccc6ccc4c3c56)n2)cc1. The molecule has 2 aliphatic rings. The van der Waals surface area contributed by atoms with Crippen molar-refractivity contribution in [2.75, 3.05) is 0 Å². The maximum atomic E-state index is 5.33. The third-order valence-electron chi connectivity index (χ3n) is 12.9. The van der Waals surface area contributed by atoms with Crippen LogP contribution in [0.2, 0.25) is 0 Å². The summed E-state index contributed by atoms with van der Waals surface area (Å²) in [5.41, 5.74) is 16.7. The summed E-state index contributed by atoms with van der Waals surface area (Å²) >= 11 is 0. The molecule has 2 heterocycles. The maximum Gasteiger partial charge on any atom is 0.160 e. The highest BCUT2D eigenvalue weighted by Gasteiger charge is 2.50. The molecule has 2 aromatic heterocycles. The zero-order chi connectivity index (χ0) is 38.7. The standard InChI is InChI=1S/C56H33N3/c1-2-12-36(13-3-1)55-58-50(32-51(59-55)39-16-11-29-57-33-39)37-26-27-43-41-18-5-4-17-40(41)42-19-6-8-21-46(42)56(48(43)30-37)47-22-9-7-20-44(47)54-45-28-25-35-15-10-14-34-23-24-38(31-49(54)56)53(45)52(34)35/h1-33H. The highest BCUT2D eigenvalue weighted by Crippen LogP contribution is 2.63.